The molecular weight excluding hydrogens is 268 g/mol. The van der Waals surface area contributed by atoms with Gasteiger partial charge in [0, 0.05) is 6.42 Å². The fraction of sp³-hybridized carbons (Fsp3) is 0.500. The second kappa shape index (κ2) is 5.76. The molecule has 1 unspecified atom stereocenters. The molecule has 1 saturated heterocycles. The zero-order valence-electron chi connectivity index (χ0n) is 12.8. The van der Waals surface area contributed by atoms with Crippen LogP contribution in [0.5, 0.6) is 5.75 Å². The van der Waals surface area contributed by atoms with Gasteiger partial charge in [-0.3, -0.25) is 14.5 Å². The van der Waals surface area contributed by atoms with Crippen LogP contribution in [0, 0.1) is 11.3 Å². The lowest BCUT2D eigenvalue weighted by molar-refractivity contribution is -0.142. The van der Waals surface area contributed by atoms with Crippen molar-refractivity contribution in [2.24, 2.45) is 11.3 Å². The predicted octanol–water partition coefficient (Wildman–Crippen LogP) is 2.07. The lowest BCUT2D eigenvalue weighted by atomic mass is 9.78. The smallest absolute Gasteiger partial charge is 0.236 e. The van der Waals surface area contributed by atoms with Gasteiger partial charge in [0.25, 0.3) is 0 Å². The molecule has 2 N–H and O–H groups in total. The van der Waals surface area contributed by atoms with Crippen LogP contribution in [0.25, 0.3) is 0 Å². The van der Waals surface area contributed by atoms with E-state index in [1.165, 1.54) is 4.90 Å². The number of anilines is 1. The Morgan fingerprint density at radius 3 is 2.57 bits per heavy atom. The quantitative estimate of drug-likeness (QED) is 0.665. The van der Waals surface area contributed by atoms with Crippen molar-refractivity contribution in [3.05, 3.63) is 24.3 Å². The number of para-hydroxylation sites is 2. The van der Waals surface area contributed by atoms with E-state index in [-0.39, 0.29) is 37.3 Å². The van der Waals surface area contributed by atoms with E-state index in [2.05, 4.69) is 0 Å². The number of nitrogens with two attached hydrogens (primary N) is 1. The summed E-state index contributed by atoms with van der Waals surface area (Å²) in [6.07, 6.45) is 0.275. The van der Waals surface area contributed by atoms with Gasteiger partial charge in [0.2, 0.25) is 11.8 Å². The van der Waals surface area contributed by atoms with Crippen molar-refractivity contribution in [2.75, 3.05) is 18.9 Å². The van der Waals surface area contributed by atoms with Gasteiger partial charge in [-0.25, -0.2) is 0 Å². The highest BCUT2D eigenvalue weighted by Crippen LogP contribution is 2.39. The summed E-state index contributed by atoms with van der Waals surface area (Å²) >= 11 is 0. The minimum Gasteiger partial charge on any atom is -0.490 e. The Morgan fingerprint density at radius 2 is 2.00 bits per heavy atom. The lowest BCUT2D eigenvalue weighted by Crippen LogP contribution is -2.39. The minimum absolute atomic E-state index is 0.105. The topological polar surface area (TPSA) is 72.6 Å². The molecule has 1 atom stereocenters. The third kappa shape index (κ3) is 2.86. The minimum atomic E-state index is -0.594. The number of nitrogen functional groups attached to an aromatic ring is 1. The normalized spacial score (nSPS) is 22.2. The van der Waals surface area contributed by atoms with Gasteiger partial charge in [-0.1, -0.05) is 26.0 Å². The summed E-state index contributed by atoms with van der Waals surface area (Å²) in [5.41, 5.74) is 5.73. The second-order valence-corrected chi connectivity index (χ2v) is 5.99. The van der Waals surface area contributed by atoms with Crippen molar-refractivity contribution in [2.45, 2.75) is 27.2 Å². The molecule has 1 fully saturated rings. The zero-order chi connectivity index (χ0) is 15.6. The monoisotopic (exact) mass is 290 g/mol. The van der Waals surface area contributed by atoms with Crippen LogP contribution < -0.4 is 10.5 Å². The number of benzene rings is 1. The van der Waals surface area contributed by atoms with E-state index in [4.69, 9.17) is 10.5 Å². The molecule has 5 nitrogen and oxygen atoms in total. The first-order valence-electron chi connectivity index (χ1n) is 7.18. The molecule has 0 bridgehead atoms. The van der Waals surface area contributed by atoms with Crippen molar-refractivity contribution < 1.29 is 14.3 Å². The number of hydrogen-bond acceptors (Lipinski definition) is 4. The largest absolute Gasteiger partial charge is 0.490 e. The Kier molecular flexibility index (Phi) is 4.21. The molecule has 0 radical (unpaired) electrons. The Bertz CT molecular complexity index is 556. The van der Waals surface area contributed by atoms with Crippen molar-refractivity contribution >= 4 is 17.5 Å². The molecule has 21 heavy (non-hydrogen) atoms. The van der Waals surface area contributed by atoms with Crippen LogP contribution in [0.4, 0.5) is 5.69 Å². The summed E-state index contributed by atoms with van der Waals surface area (Å²) in [7, 11) is 0. The Balaban J connectivity index is 1.97. The van der Waals surface area contributed by atoms with E-state index < -0.39 is 5.41 Å². The number of hydrogen-bond donors (Lipinski definition) is 1. The number of amides is 2. The maximum Gasteiger partial charge on any atom is 0.236 e. The molecule has 2 amide bonds. The maximum absolute atomic E-state index is 12.4. The molecule has 1 aromatic rings. The first-order chi connectivity index (χ1) is 9.86. The Hall–Kier alpha value is -2.04. The van der Waals surface area contributed by atoms with Gasteiger partial charge >= 0.3 is 0 Å². The van der Waals surface area contributed by atoms with Crippen LogP contribution in [-0.4, -0.2) is 29.9 Å². The van der Waals surface area contributed by atoms with Gasteiger partial charge in [0.05, 0.1) is 17.6 Å². The molecule has 2 rings (SSSR count). The summed E-state index contributed by atoms with van der Waals surface area (Å²) < 4.78 is 5.55. The number of imide groups is 1. The van der Waals surface area contributed by atoms with Crippen LogP contribution in [0.3, 0.4) is 0 Å². The van der Waals surface area contributed by atoms with Crippen molar-refractivity contribution in [1.29, 1.82) is 0 Å². The van der Waals surface area contributed by atoms with E-state index in [0.717, 1.165) is 0 Å². The van der Waals surface area contributed by atoms with Crippen molar-refractivity contribution in [3.63, 3.8) is 0 Å². The number of ether oxygens (including phenoxy) is 1. The van der Waals surface area contributed by atoms with E-state index in [1.807, 2.05) is 32.9 Å². The number of nitrogens with zero attached hydrogens (tertiary/aromatic N) is 1. The highest BCUT2D eigenvalue weighted by atomic mass is 16.5. The first kappa shape index (κ1) is 15.4. The molecule has 0 aliphatic carbocycles. The molecule has 0 saturated carbocycles. The van der Waals surface area contributed by atoms with E-state index in [1.54, 1.807) is 12.1 Å². The molecule has 0 aromatic heterocycles. The van der Waals surface area contributed by atoms with Crippen molar-refractivity contribution in [1.82, 2.24) is 4.90 Å². The van der Waals surface area contributed by atoms with Gasteiger partial charge in [-0.05, 0) is 25.0 Å². The van der Waals surface area contributed by atoms with Crippen molar-refractivity contribution in [3.8, 4) is 5.75 Å². The Labute approximate surface area is 125 Å². The third-order valence-corrected chi connectivity index (χ3v) is 4.32. The summed E-state index contributed by atoms with van der Waals surface area (Å²) in [6, 6.07) is 7.16. The maximum atomic E-state index is 12.4. The van der Waals surface area contributed by atoms with Gasteiger partial charge in [-0.15, -0.1) is 0 Å². The summed E-state index contributed by atoms with van der Waals surface area (Å²) in [5, 5.41) is 0. The SMILES string of the molecule is CC(C)C1(C)CC(=O)N(CCOc2ccccc2N)C1=O. The van der Waals surface area contributed by atoms with Gasteiger partial charge in [-0.2, -0.15) is 0 Å². The van der Waals surface area contributed by atoms with E-state index >= 15 is 0 Å². The molecule has 1 aliphatic rings. The summed E-state index contributed by atoms with van der Waals surface area (Å²) in [5.74, 6) is 0.473. The van der Waals surface area contributed by atoms with Gasteiger partial charge < -0.3 is 10.5 Å². The second-order valence-electron chi connectivity index (χ2n) is 5.99. The fourth-order valence-corrected chi connectivity index (χ4v) is 2.44. The van der Waals surface area contributed by atoms with Crippen LogP contribution in [-0.2, 0) is 9.59 Å². The number of carbonyl (C=O) groups excluding carboxylic acids is 2. The molecule has 1 aliphatic heterocycles. The first-order valence-corrected chi connectivity index (χ1v) is 7.18. The standard InChI is InChI=1S/C16H22N2O3/c1-11(2)16(3)10-14(19)18(15(16)20)8-9-21-13-7-5-4-6-12(13)17/h4-7,11H,8-10,17H2,1-3H3. The van der Waals surface area contributed by atoms with Crippen LogP contribution in [0.2, 0.25) is 0 Å². The van der Waals surface area contributed by atoms with Gasteiger partial charge in [0.15, 0.2) is 0 Å². The highest BCUT2D eigenvalue weighted by molar-refractivity contribution is 6.05. The average molecular weight is 290 g/mol. The van der Waals surface area contributed by atoms with Gasteiger partial charge in [0.1, 0.15) is 12.4 Å². The van der Waals surface area contributed by atoms with E-state index in [0.29, 0.717) is 11.4 Å². The van der Waals surface area contributed by atoms with E-state index in [9.17, 15) is 9.59 Å². The Morgan fingerprint density at radius 1 is 1.33 bits per heavy atom. The number of rotatable bonds is 5. The lowest BCUT2D eigenvalue weighted by Gasteiger charge is -2.26. The highest BCUT2D eigenvalue weighted by Gasteiger charge is 2.49. The molecule has 1 heterocycles. The van der Waals surface area contributed by atoms with Crippen LogP contribution >= 0.6 is 0 Å². The predicted molar refractivity (Wildman–Crippen MR) is 80.6 cm³/mol. The summed E-state index contributed by atoms with van der Waals surface area (Å²) in [6.45, 7) is 6.30. The van der Waals surface area contributed by atoms with Crippen LogP contribution in [0.15, 0.2) is 24.3 Å². The molecular formula is C16H22N2O3. The number of carbonyl (C=O) groups is 2. The zero-order valence-corrected chi connectivity index (χ0v) is 12.8. The molecule has 5 heteroatoms. The summed E-state index contributed by atoms with van der Waals surface area (Å²) in [4.78, 5) is 25.8. The fourth-order valence-electron chi connectivity index (χ4n) is 2.44. The van der Waals surface area contributed by atoms with Crippen LogP contribution in [0.1, 0.15) is 27.2 Å². The molecule has 114 valence electrons. The molecule has 1 aromatic carbocycles. The molecule has 0 spiro atoms. The number of likely N-dealkylation sites (tertiary alicyclic amines) is 1. The average Bonchev–Trinajstić information content (AvgIpc) is 2.65. The third-order valence-electron chi connectivity index (χ3n) is 4.32.